The number of piperidine rings is 1. The van der Waals surface area contributed by atoms with Crippen LogP contribution in [0.4, 0.5) is 0 Å². The van der Waals surface area contributed by atoms with Crippen LogP contribution in [0, 0.1) is 5.92 Å². The summed E-state index contributed by atoms with van der Waals surface area (Å²) in [6.07, 6.45) is 1.59. The van der Waals surface area contributed by atoms with Crippen molar-refractivity contribution in [3.63, 3.8) is 0 Å². The Labute approximate surface area is 121 Å². The lowest BCUT2D eigenvalue weighted by Gasteiger charge is -2.37. The van der Waals surface area contributed by atoms with Crippen molar-refractivity contribution >= 4 is 15.9 Å². The Morgan fingerprint density at radius 2 is 1.80 bits per heavy atom. The Balaban J connectivity index is 1.97. The van der Waals surface area contributed by atoms with Gasteiger partial charge in [0.25, 0.3) is 0 Å². The molecule has 116 valence electrons. The molecule has 0 bridgehead atoms. The van der Waals surface area contributed by atoms with Crippen LogP contribution in [0.2, 0.25) is 0 Å². The lowest BCUT2D eigenvalue weighted by molar-refractivity contribution is -0.138. The van der Waals surface area contributed by atoms with E-state index in [2.05, 4.69) is 11.9 Å². The molecule has 2 rings (SSSR count). The third-order valence-corrected chi connectivity index (χ3v) is 6.15. The fourth-order valence-electron chi connectivity index (χ4n) is 2.86. The molecule has 2 aliphatic heterocycles. The Hall–Kier alpha value is -0.660. The average Bonchev–Trinajstić information content (AvgIpc) is 2.47. The van der Waals surface area contributed by atoms with Crippen LogP contribution in [0.25, 0.3) is 0 Å². The molecule has 2 fully saturated rings. The van der Waals surface area contributed by atoms with Crippen LogP contribution >= 0.6 is 0 Å². The fraction of sp³-hybridized carbons (Fsp3) is 0.923. The molecule has 2 aliphatic rings. The van der Waals surface area contributed by atoms with E-state index in [1.54, 1.807) is 6.92 Å². The number of hydrogen-bond donors (Lipinski definition) is 0. The molecule has 0 aromatic carbocycles. The number of nitrogens with zero attached hydrogens (tertiary/aromatic N) is 3. The predicted octanol–water partition coefficient (Wildman–Crippen LogP) is -0.178. The van der Waals surface area contributed by atoms with Gasteiger partial charge in [-0.1, -0.05) is 0 Å². The summed E-state index contributed by atoms with van der Waals surface area (Å²) in [5.74, 6) is 0.0881. The van der Waals surface area contributed by atoms with Crippen molar-refractivity contribution in [2.75, 3.05) is 52.1 Å². The smallest absolute Gasteiger partial charge is 0.227 e. The molecule has 20 heavy (non-hydrogen) atoms. The summed E-state index contributed by atoms with van der Waals surface area (Å²) in [5.41, 5.74) is 0. The van der Waals surface area contributed by atoms with Gasteiger partial charge in [-0.15, -0.1) is 0 Å². The lowest BCUT2D eigenvalue weighted by Crippen LogP contribution is -2.52. The monoisotopic (exact) mass is 303 g/mol. The highest BCUT2D eigenvalue weighted by Crippen LogP contribution is 2.22. The maximum atomic E-state index is 12.5. The molecule has 0 aromatic rings. The third-order valence-electron chi connectivity index (χ3n) is 4.31. The average molecular weight is 303 g/mol. The lowest BCUT2D eigenvalue weighted by atomic mass is 9.98. The zero-order valence-electron chi connectivity index (χ0n) is 12.4. The van der Waals surface area contributed by atoms with E-state index in [1.165, 1.54) is 4.31 Å². The van der Waals surface area contributed by atoms with E-state index in [0.717, 1.165) is 39.0 Å². The molecular formula is C13H25N3O3S. The zero-order chi connectivity index (χ0) is 14.8. The van der Waals surface area contributed by atoms with Crippen LogP contribution in [0.15, 0.2) is 0 Å². The molecule has 1 amide bonds. The molecule has 0 aliphatic carbocycles. The normalized spacial score (nSPS) is 26.7. The van der Waals surface area contributed by atoms with Gasteiger partial charge in [-0.3, -0.25) is 4.79 Å². The maximum absolute atomic E-state index is 12.5. The second kappa shape index (κ2) is 6.41. The highest BCUT2D eigenvalue weighted by atomic mass is 32.2. The summed E-state index contributed by atoms with van der Waals surface area (Å²) in [6.45, 7) is 5.88. The second-order valence-corrected chi connectivity index (χ2v) is 7.98. The van der Waals surface area contributed by atoms with Gasteiger partial charge in [0.1, 0.15) is 0 Å². The summed E-state index contributed by atoms with van der Waals surface area (Å²) in [4.78, 5) is 16.6. The molecule has 0 N–H and O–H groups in total. The maximum Gasteiger partial charge on any atom is 0.227 e. The van der Waals surface area contributed by atoms with Crippen LogP contribution in [0.3, 0.4) is 0 Å². The van der Waals surface area contributed by atoms with Gasteiger partial charge in [0.15, 0.2) is 0 Å². The topological polar surface area (TPSA) is 60.9 Å². The molecule has 6 nitrogen and oxygen atoms in total. The number of hydrogen-bond acceptors (Lipinski definition) is 4. The summed E-state index contributed by atoms with van der Waals surface area (Å²) in [5, 5.41) is 0. The van der Waals surface area contributed by atoms with Crippen molar-refractivity contribution in [3.05, 3.63) is 0 Å². The van der Waals surface area contributed by atoms with Gasteiger partial charge in [-0.25, -0.2) is 12.7 Å². The first-order valence-electron chi connectivity index (χ1n) is 7.39. The van der Waals surface area contributed by atoms with Crippen LogP contribution in [0.5, 0.6) is 0 Å². The highest BCUT2D eigenvalue weighted by Gasteiger charge is 2.34. The number of amides is 1. The number of likely N-dealkylation sites (N-methyl/N-ethyl adjacent to an activating group) is 1. The number of sulfonamides is 1. The number of piperazine rings is 1. The number of rotatable bonds is 3. The van der Waals surface area contributed by atoms with Crippen molar-refractivity contribution in [1.29, 1.82) is 0 Å². The molecular weight excluding hydrogens is 278 g/mol. The molecule has 2 heterocycles. The van der Waals surface area contributed by atoms with E-state index in [-0.39, 0.29) is 17.6 Å². The first kappa shape index (κ1) is 15.7. The minimum atomic E-state index is -3.17. The molecule has 0 radical (unpaired) electrons. The van der Waals surface area contributed by atoms with Crippen molar-refractivity contribution in [2.24, 2.45) is 5.92 Å². The van der Waals surface area contributed by atoms with Gasteiger partial charge in [-0.2, -0.15) is 0 Å². The number of carbonyl (C=O) groups excluding carboxylic acids is 1. The predicted molar refractivity (Wildman–Crippen MR) is 77.8 cm³/mol. The minimum absolute atomic E-state index is 0.114. The standard InChI is InChI=1S/C13H25N3O3S/c1-3-20(18,19)16-6-4-5-12(11-16)13(17)15-9-7-14(2)8-10-15/h12H,3-11H2,1-2H3. The Morgan fingerprint density at radius 3 is 2.40 bits per heavy atom. The molecule has 1 atom stereocenters. The van der Waals surface area contributed by atoms with E-state index in [0.29, 0.717) is 13.1 Å². The van der Waals surface area contributed by atoms with Gasteiger partial charge in [0.2, 0.25) is 15.9 Å². The summed E-state index contributed by atoms with van der Waals surface area (Å²) in [6, 6.07) is 0. The Bertz CT molecular complexity index is 444. The highest BCUT2D eigenvalue weighted by molar-refractivity contribution is 7.89. The van der Waals surface area contributed by atoms with E-state index in [1.807, 2.05) is 4.90 Å². The van der Waals surface area contributed by atoms with Gasteiger partial charge in [-0.05, 0) is 26.8 Å². The molecule has 1 unspecified atom stereocenters. The molecule has 7 heteroatoms. The third kappa shape index (κ3) is 3.51. The van der Waals surface area contributed by atoms with Crippen molar-refractivity contribution in [2.45, 2.75) is 19.8 Å². The van der Waals surface area contributed by atoms with Crippen molar-refractivity contribution < 1.29 is 13.2 Å². The van der Waals surface area contributed by atoms with Crippen molar-refractivity contribution in [3.8, 4) is 0 Å². The number of carbonyl (C=O) groups is 1. The fourth-order valence-corrected chi connectivity index (χ4v) is 4.04. The van der Waals surface area contributed by atoms with Gasteiger partial charge in [0.05, 0.1) is 11.7 Å². The Kier molecular flexibility index (Phi) is 5.04. The molecule has 0 saturated carbocycles. The van der Waals surface area contributed by atoms with E-state index < -0.39 is 10.0 Å². The molecule has 2 saturated heterocycles. The summed E-state index contributed by atoms with van der Waals surface area (Å²) in [7, 11) is -1.12. The minimum Gasteiger partial charge on any atom is -0.340 e. The van der Waals surface area contributed by atoms with E-state index in [4.69, 9.17) is 0 Å². The van der Waals surface area contributed by atoms with E-state index in [9.17, 15) is 13.2 Å². The second-order valence-electron chi connectivity index (χ2n) is 5.73. The van der Waals surface area contributed by atoms with Gasteiger partial charge in [0, 0.05) is 39.3 Å². The first-order chi connectivity index (χ1) is 9.44. The van der Waals surface area contributed by atoms with Crippen molar-refractivity contribution in [1.82, 2.24) is 14.1 Å². The zero-order valence-corrected chi connectivity index (χ0v) is 13.2. The first-order valence-corrected chi connectivity index (χ1v) is 9.00. The summed E-state index contributed by atoms with van der Waals surface area (Å²) >= 11 is 0. The SMILES string of the molecule is CCS(=O)(=O)N1CCCC(C(=O)N2CCN(C)CC2)C1. The van der Waals surface area contributed by atoms with Crippen LogP contribution in [-0.2, 0) is 14.8 Å². The van der Waals surface area contributed by atoms with Crippen LogP contribution in [-0.4, -0.2) is 80.5 Å². The molecule has 0 aromatic heterocycles. The van der Waals surface area contributed by atoms with Gasteiger partial charge < -0.3 is 9.80 Å². The van der Waals surface area contributed by atoms with Crippen LogP contribution < -0.4 is 0 Å². The summed E-state index contributed by atoms with van der Waals surface area (Å²) < 4.78 is 25.4. The quantitative estimate of drug-likeness (QED) is 0.726. The van der Waals surface area contributed by atoms with Gasteiger partial charge >= 0.3 is 0 Å². The molecule has 0 spiro atoms. The van der Waals surface area contributed by atoms with Crippen LogP contribution in [0.1, 0.15) is 19.8 Å². The van der Waals surface area contributed by atoms with E-state index >= 15 is 0 Å². The Morgan fingerprint density at radius 1 is 1.15 bits per heavy atom. The largest absolute Gasteiger partial charge is 0.340 e.